The summed E-state index contributed by atoms with van der Waals surface area (Å²) in [5.41, 5.74) is 1.12. The number of fused-ring (bicyclic) bond motifs is 1. The summed E-state index contributed by atoms with van der Waals surface area (Å²) >= 11 is 0. The molecule has 3 N–H and O–H groups in total. The van der Waals surface area contributed by atoms with Crippen LogP contribution in [-0.2, 0) is 12.1 Å². The fourth-order valence-electron chi connectivity index (χ4n) is 4.90. The Kier molecular flexibility index (Phi) is 4.61. The summed E-state index contributed by atoms with van der Waals surface area (Å²) in [6.45, 7) is 5.04. The molecule has 2 aliphatic heterocycles. The molecule has 4 rings (SSSR count). The van der Waals surface area contributed by atoms with Crippen LogP contribution < -0.4 is 5.32 Å². The molecule has 0 saturated carbocycles. The van der Waals surface area contributed by atoms with Gasteiger partial charge >= 0.3 is 0 Å². The molecule has 0 aromatic heterocycles. The van der Waals surface area contributed by atoms with E-state index in [-0.39, 0.29) is 18.4 Å². The zero-order valence-electron chi connectivity index (χ0n) is 15.3. The van der Waals surface area contributed by atoms with E-state index in [1.807, 2.05) is 31.2 Å². The first-order valence-corrected chi connectivity index (χ1v) is 9.45. The Morgan fingerprint density at radius 1 is 1.00 bits per heavy atom. The predicted molar refractivity (Wildman–Crippen MR) is 103 cm³/mol. The van der Waals surface area contributed by atoms with Gasteiger partial charge in [-0.05, 0) is 18.1 Å². The Labute approximate surface area is 155 Å². The Morgan fingerprint density at radius 3 is 2.27 bits per heavy atom. The van der Waals surface area contributed by atoms with E-state index in [0.29, 0.717) is 6.54 Å². The number of aliphatic hydroxyl groups excluding tert-OH is 1. The lowest BCUT2D eigenvalue weighted by Crippen LogP contribution is -2.66. The topological polar surface area (TPSA) is 55.7 Å². The van der Waals surface area contributed by atoms with Gasteiger partial charge in [-0.1, -0.05) is 60.7 Å². The Hall–Kier alpha value is -1.72. The number of piperidine rings is 1. The van der Waals surface area contributed by atoms with Crippen LogP contribution in [0.4, 0.5) is 0 Å². The van der Waals surface area contributed by atoms with Gasteiger partial charge in [-0.15, -0.1) is 0 Å². The van der Waals surface area contributed by atoms with Crippen molar-refractivity contribution in [2.75, 3.05) is 26.2 Å². The lowest BCUT2D eigenvalue weighted by Gasteiger charge is -2.51. The highest BCUT2D eigenvalue weighted by molar-refractivity contribution is 5.30. The molecule has 4 nitrogen and oxygen atoms in total. The summed E-state index contributed by atoms with van der Waals surface area (Å²) in [5.74, 6) is 0.280. The van der Waals surface area contributed by atoms with Crippen LogP contribution >= 0.6 is 0 Å². The third-order valence-corrected chi connectivity index (χ3v) is 6.38. The van der Waals surface area contributed by atoms with Gasteiger partial charge in [0.25, 0.3) is 0 Å². The molecule has 138 valence electrons. The van der Waals surface area contributed by atoms with Crippen LogP contribution in [0, 0.1) is 11.8 Å². The second kappa shape index (κ2) is 6.78. The van der Waals surface area contributed by atoms with E-state index in [0.717, 1.165) is 25.2 Å². The van der Waals surface area contributed by atoms with Crippen molar-refractivity contribution >= 4 is 0 Å². The molecule has 2 fully saturated rings. The maximum Gasteiger partial charge on any atom is 0.0788 e. The number of aliphatic hydroxyl groups is 2. The van der Waals surface area contributed by atoms with Crippen LogP contribution in [0.5, 0.6) is 0 Å². The summed E-state index contributed by atoms with van der Waals surface area (Å²) in [5, 5.41) is 25.0. The van der Waals surface area contributed by atoms with E-state index < -0.39 is 11.1 Å². The van der Waals surface area contributed by atoms with Crippen LogP contribution in [0.2, 0.25) is 0 Å². The SMILES string of the molecule is C[C@]1(O)CN[C@](CO)(c2ccccc2)[C@@H]2CN(Cc3ccccc3)C[C@@H]21. The van der Waals surface area contributed by atoms with Gasteiger partial charge in [0.05, 0.1) is 17.7 Å². The van der Waals surface area contributed by atoms with Crippen molar-refractivity contribution in [3.8, 4) is 0 Å². The smallest absolute Gasteiger partial charge is 0.0788 e. The van der Waals surface area contributed by atoms with Gasteiger partial charge in [-0.2, -0.15) is 0 Å². The number of likely N-dealkylation sites (tertiary alicyclic amines) is 1. The van der Waals surface area contributed by atoms with Crippen molar-refractivity contribution in [3.63, 3.8) is 0 Å². The molecule has 4 atom stereocenters. The normalized spacial score (nSPS) is 34.6. The standard InChI is InChI=1S/C22H28N2O2/c1-21(26)15-23-22(16-25,18-10-6-3-7-11-18)20-14-24(13-19(20)21)12-17-8-4-2-5-9-17/h2-11,19-20,23,25-26H,12-16H2,1H3/t19-,20+,21-,22+/m0/s1. The number of nitrogens with zero attached hydrogens (tertiary/aromatic N) is 1. The molecule has 2 aromatic rings. The zero-order valence-corrected chi connectivity index (χ0v) is 15.3. The molecule has 0 unspecified atom stereocenters. The van der Waals surface area contributed by atoms with Crippen LogP contribution in [0.15, 0.2) is 60.7 Å². The van der Waals surface area contributed by atoms with E-state index in [9.17, 15) is 10.2 Å². The van der Waals surface area contributed by atoms with Gasteiger partial charge in [0, 0.05) is 38.0 Å². The summed E-state index contributed by atoms with van der Waals surface area (Å²) < 4.78 is 0. The largest absolute Gasteiger partial charge is 0.394 e. The van der Waals surface area contributed by atoms with Crippen molar-refractivity contribution < 1.29 is 10.2 Å². The molecule has 4 heteroatoms. The average Bonchev–Trinajstić information content (AvgIpc) is 3.10. The third-order valence-electron chi connectivity index (χ3n) is 6.38. The highest BCUT2D eigenvalue weighted by atomic mass is 16.3. The molecule has 0 amide bonds. The van der Waals surface area contributed by atoms with Crippen LogP contribution in [0.3, 0.4) is 0 Å². The van der Waals surface area contributed by atoms with Crippen LogP contribution in [-0.4, -0.2) is 47.0 Å². The molecule has 0 aliphatic carbocycles. The van der Waals surface area contributed by atoms with Crippen molar-refractivity contribution in [1.29, 1.82) is 0 Å². The number of nitrogens with one attached hydrogen (secondary N) is 1. The Balaban J connectivity index is 1.65. The van der Waals surface area contributed by atoms with Crippen LogP contribution in [0.25, 0.3) is 0 Å². The summed E-state index contributed by atoms with van der Waals surface area (Å²) in [6, 6.07) is 20.7. The zero-order chi connectivity index (χ0) is 18.2. The monoisotopic (exact) mass is 352 g/mol. The van der Waals surface area contributed by atoms with Crippen molar-refractivity contribution in [2.45, 2.75) is 24.6 Å². The molecule has 2 saturated heterocycles. The molecule has 0 bridgehead atoms. The van der Waals surface area contributed by atoms with Crippen molar-refractivity contribution in [3.05, 3.63) is 71.8 Å². The summed E-state index contributed by atoms with van der Waals surface area (Å²) in [7, 11) is 0. The minimum absolute atomic E-state index is 0.0352. The molecule has 26 heavy (non-hydrogen) atoms. The van der Waals surface area contributed by atoms with Crippen LogP contribution in [0.1, 0.15) is 18.1 Å². The highest BCUT2D eigenvalue weighted by Gasteiger charge is 2.57. The Morgan fingerprint density at radius 2 is 1.62 bits per heavy atom. The first kappa shape index (κ1) is 17.7. The van der Waals surface area contributed by atoms with E-state index in [2.05, 4.69) is 46.6 Å². The second-order valence-corrected chi connectivity index (χ2v) is 8.10. The molecule has 0 radical (unpaired) electrons. The van der Waals surface area contributed by atoms with E-state index in [1.165, 1.54) is 5.56 Å². The lowest BCUT2D eigenvalue weighted by atomic mass is 9.65. The van der Waals surface area contributed by atoms with E-state index in [4.69, 9.17) is 0 Å². The molecule has 0 spiro atoms. The molecular formula is C22H28N2O2. The van der Waals surface area contributed by atoms with Gasteiger partial charge in [0.2, 0.25) is 0 Å². The third kappa shape index (κ3) is 2.97. The molecular weight excluding hydrogens is 324 g/mol. The van der Waals surface area contributed by atoms with Gasteiger partial charge in [0.15, 0.2) is 0 Å². The van der Waals surface area contributed by atoms with Gasteiger partial charge in [-0.25, -0.2) is 0 Å². The van der Waals surface area contributed by atoms with E-state index in [1.54, 1.807) is 0 Å². The van der Waals surface area contributed by atoms with Crippen molar-refractivity contribution in [2.24, 2.45) is 11.8 Å². The van der Waals surface area contributed by atoms with Gasteiger partial charge < -0.3 is 15.5 Å². The maximum absolute atomic E-state index is 11.0. The highest BCUT2D eigenvalue weighted by Crippen LogP contribution is 2.47. The number of hydrogen-bond acceptors (Lipinski definition) is 4. The summed E-state index contributed by atoms with van der Waals surface area (Å²) in [4.78, 5) is 2.42. The predicted octanol–water partition coefficient (Wildman–Crippen LogP) is 1.98. The number of rotatable bonds is 4. The second-order valence-electron chi connectivity index (χ2n) is 8.10. The number of benzene rings is 2. The van der Waals surface area contributed by atoms with Crippen molar-refractivity contribution in [1.82, 2.24) is 10.2 Å². The molecule has 2 aliphatic rings. The summed E-state index contributed by atoms with van der Waals surface area (Å²) in [6.07, 6.45) is 0. The maximum atomic E-state index is 11.0. The Bertz CT molecular complexity index is 734. The molecule has 2 aromatic carbocycles. The van der Waals surface area contributed by atoms with E-state index >= 15 is 0 Å². The quantitative estimate of drug-likeness (QED) is 0.788. The minimum atomic E-state index is -0.774. The number of β-amino-alcohol motifs (C(OH)–C–C–N with tert-alkyl or cyclic N) is 1. The minimum Gasteiger partial charge on any atom is -0.394 e. The fourth-order valence-corrected chi connectivity index (χ4v) is 4.90. The first-order valence-electron chi connectivity index (χ1n) is 9.45. The molecule has 2 heterocycles. The number of hydrogen-bond donors (Lipinski definition) is 3. The lowest BCUT2D eigenvalue weighted by molar-refractivity contribution is -0.0820. The van der Waals surface area contributed by atoms with Gasteiger partial charge in [0.1, 0.15) is 0 Å². The first-order chi connectivity index (χ1) is 12.5. The average molecular weight is 352 g/mol. The fraction of sp³-hybridized carbons (Fsp3) is 0.455. The van der Waals surface area contributed by atoms with Gasteiger partial charge in [-0.3, -0.25) is 4.90 Å².